The lowest BCUT2D eigenvalue weighted by Crippen LogP contribution is -2.45. The van der Waals surface area contributed by atoms with E-state index in [1.54, 1.807) is 33.0 Å². The topological polar surface area (TPSA) is 110 Å². The molecule has 0 saturated heterocycles. The molecule has 0 fully saturated rings. The molecule has 7 heteroatoms. The minimum atomic E-state index is -1.07. The number of hydrogen-bond donors (Lipinski definition) is 3. The molecular weight excluding hydrogens is 236 g/mol. The molecule has 0 saturated carbocycles. The summed E-state index contributed by atoms with van der Waals surface area (Å²) in [5.41, 5.74) is 4.65. The number of nitro benzene ring substituents is 1. The number of para-hydroxylation sites is 1. The minimum Gasteiger partial charge on any atom is -0.382 e. The Morgan fingerprint density at radius 1 is 1.39 bits per heavy atom. The van der Waals surface area contributed by atoms with Crippen molar-refractivity contribution in [3.05, 3.63) is 28.3 Å². The highest BCUT2D eigenvalue weighted by Gasteiger charge is 2.29. The lowest BCUT2D eigenvalue weighted by molar-refractivity contribution is -0.383. The second-order valence-corrected chi connectivity index (χ2v) is 4.32. The first-order valence-corrected chi connectivity index (χ1v) is 5.33. The average Bonchev–Trinajstić information content (AvgIpc) is 2.27. The van der Waals surface area contributed by atoms with Crippen LogP contribution in [-0.2, 0) is 4.79 Å². The molecule has 0 aliphatic carbocycles. The highest BCUT2D eigenvalue weighted by molar-refractivity contribution is 5.89. The Morgan fingerprint density at radius 3 is 2.39 bits per heavy atom. The van der Waals surface area contributed by atoms with Crippen molar-refractivity contribution in [2.45, 2.75) is 19.4 Å². The fraction of sp³-hybridized carbons (Fsp3) is 0.364. The maximum absolute atomic E-state index is 11.2. The Kier molecular flexibility index (Phi) is 3.75. The number of hydrogen-bond acceptors (Lipinski definition) is 5. The zero-order valence-corrected chi connectivity index (χ0v) is 10.5. The van der Waals surface area contributed by atoms with Gasteiger partial charge in [-0.3, -0.25) is 14.9 Å². The van der Waals surface area contributed by atoms with Crippen LogP contribution in [0.1, 0.15) is 13.8 Å². The van der Waals surface area contributed by atoms with Crippen LogP contribution in [0.25, 0.3) is 0 Å². The lowest BCUT2D eigenvalue weighted by atomic mass is 10.0. The summed E-state index contributed by atoms with van der Waals surface area (Å²) >= 11 is 0. The molecule has 0 unspecified atom stereocenters. The summed E-state index contributed by atoms with van der Waals surface area (Å²) in [5.74, 6) is -0.591. The molecule has 1 aromatic carbocycles. The van der Waals surface area contributed by atoms with Crippen LogP contribution in [0.3, 0.4) is 0 Å². The summed E-state index contributed by atoms with van der Waals surface area (Å²) in [6, 6.07) is 4.77. The van der Waals surface area contributed by atoms with E-state index in [-0.39, 0.29) is 11.4 Å². The van der Waals surface area contributed by atoms with Gasteiger partial charge in [-0.2, -0.15) is 0 Å². The predicted octanol–water partition coefficient (Wildman–Crippen LogP) is 1.31. The van der Waals surface area contributed by atoms with E-state index in [4.69, 9.17) is 5.73 Å². The van der Waals surface area contributed by atoms with E-state index in [1.807, 2.05) is 0 Å². The third-order valence-electron chi connectivity index (χ3n) is 2.55. The summed E-state index contributed by atoms with van der Waals surface area (Å²) in [5, 5.41) is 16.6. The number of carbonyl (C=O) groups is 1. The van der Waals surface area contributed by atoms with Crippen LogP contribution in [0.15, 0.2) is 18.2 Å². The molecule has 0 aliphatic heterocycles. The van der Waals surface area contributed by atoms with Crippen molar-refractivity contribution < 1.29 is 9.72 Å². The van der Waals surface area contributed by atoms with E-state index in [0.717, 1.165) is 0 Å². The fourth-order valence-corrected chi connectivity index (χ4v) is 1.44. The SMILES string of the molecule is CNc1cccc(NC(C)(C)C(N)=O)c1[N+](=O)[O-]. The number of nitrogens with zero attached hydrogens (tertiary/aromatic N) is 1. The third-order valence-corrected chi connectivity index (χ3v) is 2.55. The number of amides is 1. The van der Waals surface area contributed by atoms with Crippen molar-refractivity contribution in [3.8, 4) is 0 Å². The van der Waals surface area contributed by atoms with Crippen molar-refractivity contribution in [1.29, 1.82) is 0 Å². The fourth-order valence-electron chi connectivity index (χ4n) is 1.44. The van der Waals surface area contributed by atoms with Gasteiger partial charge in [-0.15, -0.1) is 0 Å². The first-order chi connectivity index (χ1) is 8.29. The van der Waals surface area contributed by atoms with Gasteiger partial charge in [-0.1, -0.05) is 6.07 Å². The molecule has 0 radical (unpaired) electrons. The molecule has 1 amide bonds. The van der Waals surface area contributed by atoms with Gasteiger partial charge in [0.1, 0.15) is 16.9 Å². The van der Waals surface area contributed by atoms with Gasteiger partial charge < -0.3 is 16.4 Å². The van der Waals surface area contributed by atoms with Crippen LogP contribution in [0, 0.1) is 10.1 Å². The Hall–Kier alpha value is -2.31. The van der Waals surface area contributed by atoms with Crippen molar-refractivity contribution in [3.63, 3.8) is 0 Å². The van der Waals surface area contributed by atoms with E-state index in [0.29, 0.717) is 5.69 Å². The number of nitrogens with two attached hydrogens (primary N) is 1. The maximum Gasteiger partial charge on any atom is 0.315 e. The molecule has 98 valence electrons. The molecule has 0 aliphatic rings. The van der Waals surface area contributed by atoms with Gasteiger partial charge in [0.15, 0.2) is 0 Å². The van der Waals surface area contributed by atoms with Gasteiger partial charge in [0.05, 0.1) is 4.92 Å². The van der Waals surface area contributed by atoms with Gasteiger partial charge >= 0.3 is 5.69 Å². The molecule has 0 heterocycles. The molecule has 4 N–H and O–H groups in total. The van der Waals surface area contributed by atoms with Crippen LogP contribution in [0.5, 0.6) is 0 Å². The lowest BCUT2D eigenvalue weighted by Gasteiger charge is -2.23. The standard InChI is InChI=1S/C11H16N4O3/c1-11(2,10(12)16)14-8-6-4-5-7(13-3)9(8)15(17)18/h4-6,13-14H,1-3H3,(H2,12,16). The predicted molar refractivity (Wildman–Crippen MR) is 69.5 cm³/mol. The molecule has 0 spiro atoms. The number of benzene rings is 1. The number of nitrogens with one attached hydrogen (secondary N) is 2. The zero-order chi connectivity index (χ0) is 13.9. The first kappa shape index (κ1) is 13.8. The van der Waals surface area contributed by atoms with E-state index in [2.05, 4.69) is 10.6 Å². The summed E-state index contributed by atoms with van der Waals surface area (Å²) in [6.45, 7) is 3.12. The average molecular weight is 252 g/mol. The van der Waals surface area contributed by atoms with Gasteiger partial charge in [-0.05, 0) is 26.0 Å². The number of nitro groups is 1. The van der Waals surface area contributed by atoms with Crippen LogP contribution in [-0.4, -0.2) is 23.4 Å². The quantitative estimate of drug-likeness (QED) is 0.540. The van der Waals surface area contributed by atoms with E-state index < -0.39 is 16.4 Å². The largest absolute Gasteiger partial charge is 0.382 e. The smallest absolute Gasteiger partial charge is 0.315 e. The number of carbonyl (C=O) groups excluding carboxylic acids is 1. The Labute approximate surface area is 105 Å². The number of rotatable bonds is 5. The van der Waals surface area contributed by atoms with Crippen LogP contribution in [0.4, 0.5) is 17.1 Å². The Balaban J connectivity index is 3.25. The van der Waals surface area contributed by atoms with Crippen molar-refractivity contribution >= 4 is 23.0 Å². The zero-order valence-electron chi connectivity index (χ0n) is 10.5. The van der Waals surface area contributed by atoms with Crippen LogP contribution >= 0.6 is 0 Å². The number of anilines is 2. The molecule has 1 rings (SSSR count). The van der Waals surface area contributed by atoms with Gasteiger partial charge in [0.25, 0.3) is 0 Å². The highest BCUT2D eigenvalue weighted by atomic mass is 16.6. The molecule has 0 atom stereocenters. The van der Waals surface area contributed by atoms with Crippen molar-refractivity contribution in [1.82, 2.24) is 0 Å². The van der Waals surface area contributed by atoms with E-state index in [9.17, 15) is 14.9 Å². The van der Waals surface area contributed by atoms with Crippen LogP contribution in [0.2, 0.25) is 0 Å². The molecule has 18 heavy (non-hydrogen) atoms. The summed E-state index contributed by atoms with van der Waals surface area (Å²) < 4.78 is 0. The van der Waals surface area contributed by atoms with Crippen molar-refractivity contribution in [2.24, 2.45) is 5.73 Å². The van der Waals surface area contributed by atoms with Crippen LogP contribution < -0.4 is 16.4 Å². The van der Waals surface area contributed by atoms with Gasteiger partial charge in [0.2, 0.25) is 5.91 Å². The second kappa shape index (κ2) is 4.91. The summed E-state index contributed by atoms with van der Waals surface area (Å²) in [6.07, 6.45) is 0. The minimum absolute atomic E-state index is 0.116. The molecule has 1 aromatic rings. The molecular formula is C11H16N4O3. The van der Waals surface area contributed by atoms with E-state index in [1.165, 1.54) is 6.07 Å². The summed E-state index contributed by atoms with van der Waals surface area (Å²) in [4.78, 5) is 21.8. The molecule has 0 aromatic heterocycles. The highest BCUT2D eigenvalue weighted by Crippen LogP contribution is 2.33. The monoisotopic (exact) mass is 252 g/mol. The summed E-state index contributed by atoms with van der Waals surface area (Å²) in [7, 11) is 1.59. The Bertz CT molecular complexity index is 485. The maximum atomic E-state index is 11.2. The Morgan fingerprint density at radius 2 is 1.94 bits per heavy atom. The van der Waals surface area contributed by atoms with Crippen molar-refractivity contribution in [2.75, 3.05) is 17.7 Å². The van der Waals surface area contributed by atoms with Gasteiger partial charge in [0, 0.05) is 7.05 Å². The number of primary amides is 1. The molecule has 0 bridgehead atoms. The molecule has 7 nitrogen and oxygen atoms in total. The van der Waals surface area contributed by atoms with Gasteiger partial charge in [-0.25, -0.2) is 0 Å². The third kappa shape index (κ3) is 2.68. The first-order valence-electron chi connectivity index (χ1n) is 5.33. The second-order valence-electron chi connectivity index (χ2n) is 4.32. The normalized spacial score (nSPS) is 10.8. The van der Waals surface area contributed by atoms with E-state index >= 15 is 0 Å².